The van der Waals surface area contributed by atoms with Crippen molar-refractivity contribution in [2.45, 2.75) is 0 Å². The van der Waals surface area contributed by atoms with Gasteiger partial charge in [-0.1, -0.05) is 54.1 Å². The largest absolute Gasteiger partial charge is 0.384 e. The summed E-state index contributed by atoms with van der Waals surface area (Å²) in [4.78, 5) is 26.0. The number of fused-ring (bicyclic) bond motifs is 1. The Bertz CT molecular complexity index is 1200. The van der Waals surface area contributed by atoms with E-state index in [0.717, 1.165) is 0 Å². The molecule has 0 bridgehead atoms. The van der Waals surface area contributed by atoms with Crippen molar-refractivity contribution in [2.24, 2.45) is 0 Å². The number of benzene rings is 3. The fourth-order valence-corrected chi connectivity index (χ4v) is 3.38. The van der Waals surface area contributed by atoms with E-state index in [2.05, 4.69) is 5.32 Å². The quantitative estimate of drug-likeness (QED) is 0.527. The normalized spacial score (nSPS) is 10.8. The van der Waals surface area contributed by atoms with Crippen LogP contribution >= 0.6 is 11.6 Å². The van der Waals surface area contributed by atoms with Crippen LogP contribution in [-0.2, 0) is 0 Å². The summed E-state index contributed by atoms with van der Waals surface area (Å²) in [5.41, 5.74) is 8.15. The highest BCUT2D eigenvalue weighted by Gasteiger charge is 2.24. The molecule has 6 heteroatoms. The molecular weight excluding hydrogens is 374 g/mol. The van der Waals surface area contributed by atoms with Crippen LogP contribution in [-0.4, -0.2) is 16.4 Å². The molecule has 28 heavy (non-hydrogen) atoms. The highest BCUT2D eigenvalue weighted by Crippen LogP contribution is 2.30. The first-order valence-electron chi connectivity index (χ1n) is 8.62. The third-order valence-electron chi connectivity index (χ3n) is 4.44. The maximum atomic E-state index is 13.1. The van der Waals surface area contributed by atoms with Gasteiger partial charge in [0.1, 0.15) is 5.82 Å². The topological polar surface area (TPSA) is 77.1 Å². The predicted octanol–water partition coefficient (Wildman–Crippen LogP) is 4.82. The van der Waals surface area contributed by atoms with Crippen molar-refractivity contribution in [2.75, 3.05) is 11.1 Å². The van der Waals surface area contributed by atoms with Crippen molar-refractivity contribution < 1.29 is 9.59 Å². The molecule has 4 rings (SSSR count). The van der Waals surface area contributed by atoms with Crippen molar-refractivity contribution in [3.63, 3.8) is 0 Å². The molecule has 0 aliphatic heterocycles. The van der Waals surface area contributed by atoms with Gasteiger partial charge in [0.15, 0.2) is 0 Å². The number of carbonyl (C=O) groups excluding carboxylic acids is 2. The average molecular weight is 390 g/mol. The van der Waals surface area contributed by atoms with Crippen molar-refractivity contribution >= 4 is 45.8 Å². The molecule has 3 aromatic carbocycles. The smallest absolute Gasteiger partial charge is 0.263 e. The Morgan fingerprint density at radius 1 is 0.893 bits per heavy atom. The number of para-hydroxylation sites is 1. The van der Waals surface area contributed by atoms with E-state index in [0.29, 0.717) is 27.2 Å². The van der Waals surface area contributed by atoms with E-state index >= 15 is 0 Å². The zero-order valence-electron chi connectivity index (χ0n) is 14.7. The summed E-state index contributed by atoms with van der Waals surface area (Å²) in [5, 5.41) is 3.90. The molecule has 0 aliphatic rings. The number of nitrogens with two attached hydrogens (primary N) is 1. The summed E-state index contributed by atoms with van der Waals surface area (Å²) in [6, 6.07) is 22.8. The van der Waals surface area contributed by atoms with Gasteiger partial charge in [-0.25, -0.2) is 0 Å². The molecule has 1 aromatic heterocycles. The number of nitrogens with zero attached hydrogens (tertiary/aromatic N) is 1. The minimum Gasteiger partial charge on any atom is -0.384 e. The van der Waals surface area contributed by atoms with E-state index < -0.39 is 5.91 Å². The number of hydrogen-bond donors (Lipinski definition) is 2. The van der Waals surface area contributed by atoms with E-state index in [1.165, 1.54) is 4.57 Å². The van der Waals surface area contributed by atoms with Crippen LogP contribution < -0.4 is 11.1 Å². The van der Waals surface area contributed by atoms with Gasteiger partial charge in [-0.15, -0.1) is 0 Å². The Balaban J connectivity index is 1.83. The van der Waals surface area contributed by atoms with Gasteiger partial charge in [0.25, 0.3) is 11.8 Å². The molecule has 0 spiro atoms. The van der Waals surface area contributed by atoms with Crippen molar-refractivity contribution in [1.29, 1.82) is 0 Å². The van der Waals surface area contributed by atoms with E-state index in [9.17, 15) is 9.59 Å². The fourth-order valence-electron chi connectivity index (χ4n) is 3.19. The molecule has 5 nitrogen and oxygen atoms in total. The van der Waals surface area contributed by atoms with Crippen LogP contribution in [0.2, 0.25) is 5.02 Å². The molecule has 1 heterocycles. The molecule has 0 unspecified atom stereocenters. The standard InChI is InChI=1S/C22H16ClN3O2/c23-15-9-6-10-16(13-15)25-21(27)19-17-11-4-5-12-18(17)26(20(19)24)22(28)14-7-2-1-3-8-14/h1-13H,24H2,(H,25,27). The Labute approximate surface area is 166 Å². The second-order valence-corrected chi connectivity index (χ2v) is 6.68. The summed E-state index contributed by atoms with van der Waals surface area (Å²) >= 11 is 5.99. The lowest BCUT2D eigenvalue weighted by atomic mass is 10.1. The second-order valence-electron chi connectivity index (χ2n) is 6.25. The number of carbonyl (C=O) groups is 2. The third kappa shape index (κ3) is 3.12. The van der Waals surface area contributed by atoms with Crippen molar-refractivity contribution in [3.05, 3.63) is 95.0 Å². The van der Waals surface area contributed by atoms with Crippen LogP contribution in [0.5, 0.6) is 0 Å². The number of aromatic nitrogens is 1. The van der Waals surface area contributed by atoms with Crippen molar-refractivity contribution in [1.82, 2.24) is 4.57 Å². The van der Waals surface area contributed by atoms with E-state index in [1.807, 2.05) is 6.07 Å². The van der Waals surface area contributed by atoms with Gasteiger partial charge in [-0.3, -0.25) is 14.2 Å². The maximum Gasteiger partial charge on any atom is 0.263 e. The zero-order chi connectivity index (χ0) is 19.7. The minimum atomic E-state index is -0.407. The van der Waals surface area contributed by atoms with Crippen LogP contribution in [0.25, 0.3) is 10.9 Å². The highest BCUT2D eigenvalue weighted by molar-refractivity contribution is 6.31. The van der Waals surface area contributed by atoms with Gasteiger partial charge < -0.3 is 11.1 Å². The average Bonchev–Trinajstić information content (AvgIpc) is 3.00. The number of halogens is 1. The molecule has 0 aliphatic carbocycles. The van der Waals surface area contributed by atoms with Gasteiger partial charge in [0.2, 0.25) is 0 Å². The fraction of sp³-hybridized carbons (Fsp3) is 0. The number of rotatable bonds is 3. The van der Waals surface area contributed by atoms with E-state index in [-0.39, 0.29) is 17.3 Å². The lowest BCUT2D eigenvalue weighted by Gasteiger charge is -2.08. The molecule has 4 aromatic rings. The summed E-state index contributed by atoms with van der Waals surface area (Å²) in [6.07, 6.45) is 0. The van der Waals surface area contributed by atoms with Crippen LogP contribution in [0.1, 0.15) is 20.7 Å². The van der Waals surface area contributed by atoms with Crippen LogP contribution in [0, 0.1) is 0 Å². The van der Waals surface area contributed by atoms with Gasteiger partial charge >= 0.3 is 0 Å². The number of hydrogen-bond acceptors (Lipinski definition) is 3. The minimum absolute atomic E-state index is 0.0922. The molecular formula is C22H16ClN3O2. The van der Waals surface area contributed by atoms with Gasteiger partial charge in [0.05, 0.1) is 11.1 Å². The summed E-state index contributed by atoms with van der Waals surface area (Å²) < 4.78 is 1.37. The van der Waals surface area contributed by atoms with E-state index in [4.69, 9.17) is 17.3 Å². The lowest BCUT2D eigenvalue weighted by molar-refractivity contribution is 0.0967. The summed E-state index contributed by atoms with van der Waals surface area (Å²) in [6.45, 7) is 0. The maximum absolute atomic E-state index is 13.1. The zero-order valence-corrected chi connectivity index (χ0v) is 15.5. The summed E-state index contributed by atoms with van der Waals surface area (Å²) in [7, 11) is 0. The Kier molecular flexibility index (Phi) is 4.59. The first-order chi connectivity index (χ1) is 13.6. The number of nitrogens with one attached hydrogen (secondary N) is 1. The molecule has 0 saturated carbocycles. The monoisotopic (exact) mass is 389 g/mol. The van der Waals surface area contributed by atoms with E-state index in [1.54, 1.807) is 72.8 Å². The van der Waals surface area contributed by atoms with Gasteiger partial charge in [-0.05, 0) is 36.4 Å². The molecule has 0 radical (unpaired) electrons. The van der Waals surface area contributed by atoms with Crippen molar-refractivity contribution in [3.8, 4) is 0 Å². The third-order valence-corrected chi connectivity index (χ3v) is 4.68. The predicted molar refractivity (Wildman–Crippen MR) is 112 cm³/mol. The number of nitrogen functional groups attached to an aromatic ring is 1. The molecule has 3 N–H and O–H groups in total. The number of amides is 1. The highest BCUT2D eigenvalue weighted by atomic mass is 35.5. The Morgan fingerprint density at radius 2 is 1.61 bits per heavy atom. The molecule has 138 valence electrons. The first-order valence-corrected chi connectivity index (χ1v) is 8.99. The molecule has 1 amide bonds. The first kappa shape index (κ1) is 17.8. The lowest BCUT2D eigenvalue weighted by Crippen LogP contribution is -2.17. The second kappa shape index (κ2) is 7.21. The van der Waals surface area contributed by atoms with Crippen LogP contribution in [0.4, 0.5) is 11.5 Å². The van der Waals surface area contributed by atoms with Gasteiger partial charge in [0, 0.05) is 21.7 Å². The van der Waals surface area contributed by atoms with Gasteiger partial charge in [-0.2, -0.15) is 0 Å². The molecule has 0 atom stereocenters. The molecule has 0 saturated heterocycles. The van der Waals surface area contributed by atoms with Crippen LogP contribution in [0.3, 0.4) is 0 Å². The molecule has 0 fully saturated rings. The Hall–Kier alpha value is -3.57. The Morgan fingerprint density at radius 3 is 2.36 bits per heavy atom. The van der Waals surface area contributed by atoms with Crippen LogP contribution in [0.15, 0.2) is 78.9 Å². The number of anilines is 2. The summed E-state index contributed by atoms with van der Waals surface area (Å²) in [5.74, 6) is -0.610. The SMILES string of the molecule is Nc1c(C(=O)Nc2cccc(Cl)c2)c2ccccc2n1C(=O)c1ccccc1.